The molecule has 1 aromatic heterocycles. The first-order valence-corrected chi connectivity index (χ1v) is 8.40. The van der Waals surface area contributed by atoms with E-state index in [4.69, 9.17) is 9.47 Å². The quantitative estimate of drug-likeness (QED) is 0.824. The summed E-state index contributed by atoms with van der Waals surface area (Å²) in [6, 6.07) is 2.22. The molecule has 2 aliphatic heterocycles. The molecule has 0 amide bonds. The Hall–Kier alpha value is -1.40. The van der Waals surface area contributed by atoms with Gasteiger partial charge in [0.1, 0.15) is 0 Å². The molecule has 1 aromatic rings. The fourth-order valence-electron chi connectivity index (χ4n) is 3.00. The molecular weight excluding hydrogens is 280 g/mol. The van der Waals surface area contributed by atoms with Gasteiger partial charge < -0.3 is 20.1 Å². The number of nitrogens with one attached hydrogen (secondary N) is 2. The molecule has 2 atom stereocenters. The van der Waals surface area contributed by atoms with Gasteiger partial charge in [0.05, 0.1) is 13.2 Å². The molecule has 0 aromatic carbocycles. The van der Waals surface area contributed by atoms with Gasteiger partial charge in [-0.05, 0) is 38.8 Å². The van der Waals surface area contributed by atoms with Gasteiger partial charge in [-0.1, -0.05) is 0 Å². The van der Waals surface area contributed by atoms with Gasteiger partial charge in [0.2, 0.25) is 5.88 Å². The van der Waals surface area contributed by atoms with Crippen molar-refractivity contribution in [1.82, 2.24) is 20.6 Å². The highest BCUT2D eigenvalue weighted by atomic mass is 16.5. The minimum atomic E-state index is 0.421. The smallest absolute Gasteiger partial charge is 0.319 e. The lowest BCUT2D eigenvalue weighted by Gasteiger charge is -2.23. The molecule has 3 rings (SSSR count). The maximum Gasteiger partial charge on any atom is 0.319 e. The predicted molar refractivity (Wildman–Crippen MR) is 84.2 cm³/mol. The van der Waals surface area contributed by atoms with Gasteiger partial charge in [-0.2, -0.15) is 4.98 Å². The summed E-state index contributed by atoms with van der Waals surface area (Å²) in [5.41, 5.74) is 0. The van der Waals surface area contributed by atoms with Crippen molar-refractivity contribution >= 4 is 0 Å². The van der Waals surface area contributed by atoms with Crippen LogP contribution in [-0.2, 0) is 0 Å². The molecule has 0 saturated carbocycles. The Kier molecular flexibility index (Phi) is 5.84. The van der Waals surface area contributed by atoms with Crippen LogP contribution >= 0.6 is 0 Å². The monoisotopic (exact) mass is 306 g/mol. The van der Waals surface area contributed by atoms with E-state index in [9.17, 15) is 0 Å². The maximum atomic E-state index is 5.79. The van der Waals surface area contributed by atoms with Crippen LogP contribution in [0.2, 0.25) is 0 Å². The minimum Gasteiger partial charge on any atom is -0.477 e. The highest BCUT2D eigenvalue weighted by molar-refractivity contribution is 5.11. The normalized spacial score (nSPS) is 25.6. The third kappa shape index (κ3) is 4.81. The topological polar surface area (TPSA) is 68.3 Å². The number of hydrogen-bond acceptors (Lipinski definition) is 6. The molecule has 22 heavy (non-hydrogen) atoms. The third-order valence-corrected chi connectivity index (χ3v) is 4.32. The van der Waals surface area contributed by atoms with Gasteiger partial charge in [-0.25, -0.2) is 4.98 Å². The van der Waals surface area contributed by atoms with Crippen molar-refractivity contribution in [2.24, 2.45) is 11.8 Å². The van der Waals surface area contributed by atoms with Crippen LogP contribution in [0.15, 0.2) is 12.3 Å². The van der Waals surface area contributed by atoms with E-state index in [0.717, 1.165) is 26.2 Å². The lowest BCUT2D eigenvalue weighted by atomic mass is 10.0. The molecule has 6 heteroatoms. The molecule has 0 radical (unpaired) electrons. The van der Waals surface area contributed by atoms with Crippen molar-refractivity contribution in [3.8, 4) is 11.9 Å². The molecule has 0 unspecified atom stereocenters. The second-order valence-corrected chi connectivity index (χ2v) is 6.22. The first kappa shape index (κ1) is 15.5. The summed E-state index contributed by atoms with van der Waals surface area (Å²) in [7, 11) is 0. The molecule has 6 nitrogen and oxygen atoms in total. The van der Waals surface area contributed by atoms with Crippen molar-refractivity contribution in [1.29, 1.82) is 0 Å². The van der Waals surface area contributed by atoms with Crippen molar-refractivity contribution in [2.75, 3.05) is 39.4 Å². The molecule has 2 fully saturated rings. The van der Waals surface area contributed by atoms with E-state index in [1.807, 2.05) is 0 Å². The highest BCUT2D eigenvalue weighted by Crippen LogP contribution is 2.16. The van der Waals surface area contributed by atoms with Gasteiger partial charge in [0, 0.05) is 37.2 Å². The van der Waals surface area contributed by atoms with Crippen LogP contribution in [0, 0.1) is 11.8 Å². The number of hydrogen-bond donors (Lipinski definition) is 2. The van der Waals surface area contributed by atoms with Crippen LogP contribution in [-0.4, -0.2) is 49.4 Å². The summed E-state index contributed by atoms with van der Waals surface area (Å²) in [6.07, 6.45) is 6.57. The zero-order valence-corrected chi connectivity index (χ0v) is 13.1. The Morgan fingerprint density at radius 2 is 1.68 bits per heavy atom. The van der Waals surface area contributed by atoms with Crippen LogP contribution < -0.4 is 20.1 Å². The summed E-state index contributed by atoms with van der Waals surface area (Å²) in [5.74, 6) is 1.73. The summed E-state index contributed by atoms with van der Waals surface area (Å²) in [6.45, 7) is 5.66. The second kappa shape index (κ2) is 8.29. The molecule has 0 spiro atoms. The Balaban J connectivity index is 1.44. The molecule has 122 valence electrons. The zero-order chi connectivity index (χ0) is 15.0. The minimum absolute atomic E-state index is 0.421. The summed E-state index contributed by atoms with van der Waals surface area (Å²) < 4.78 is 11.5. The number of nitrogens with zero attached hydrogens (tertiary/aromatic N) is 2. The molecule has 2 aliphatic rings. The number of rotatable bonds is 6. The van der Waals surface area contributed by atoms with Crippen molar-refractivity contribution in [2.45, 2.75) is 25.7 Å². The average Bonchev–Trinajstić information content (AvgIpc) is 2.60. The van der Waals surface area contributed by atoms with Gasteiger partial charge in [-0.3, -0.25) is 0 Å². The first-order chi connectivity index (χ1) is 10.9. The largest absolute Gasteiger partial charge is 0.477 e. The fraction of sp³-hybridized carbons (Fsp3) is 0.750. The molecule has 2 saturated heterocycles. The van der Waals surface area contributed by atoms with E-state index in [2.05, 4.69) is 20.6 Å². The van der Waals surface area contributed by atoms with E-state index in [1.54, 1.807) is 12.3 Å². The van der Waals surface area contributed by atoms with E-state index in [0.29, 0.717) is 36.9 Å². The van der Waals surface area contributed by atoms with Gasteiger partial charge >= 0.3 is 6.01 Å². The van der Waals surface area contributed by atoms with Gasteiger partial charge in [-0.15, -0.1) is 0 Å². The second-order valence-electron chi connectivity index (χ2n) is 6.22. The third-order valence-electron chi connectivity index (χ3n) is 4.32. The number of ether oxygens (including phenoxy) is 2. The van der Waals surface area contributed by atoms with Crippen molar-refractivity contribution in [3.05, 3.63) is 12.3 Å². The van der Waals surface area contributed by atoms with Crippen LogP contribution in [0.4, 0.5) is 0 Å². The maximum absolute atomic E-state index is 5.79. The predicted octanol–water partition coefficient (Wildman–Crippen LogP) is 1.23. The first-order valence-electron chi connectivity index (χ1n) is 8.40. The van der Waals surface area contributed by atoms with Crippen LogP contribution in [0.25, 0.3) is 0 Å². The van der Waals surface area contributed by atoms with E-state index in [1.165, 1.54) is 25.7 Å². The Bertz CT molecular complexity index is 408. The molecular formula is C16H26N4O2. The highest BCUT2D eigenvalue weighted by Gasteiger charge is 2.15. The lowest BCUT2D eigenvalue weighted by Crippen LogP contribution is -2.33. The SMILES string of the molecule is c1cc(OC[C@H]2CCCNC2)nc(OC[C@H]2CCCNC2)n1. The Morgan fingerprint density at radius 1 is 1.00 bits per heavy atom. The Morgan fingerprint density at radius 3 is 2.32 bits per heavy atom. The molecule has 3 heterocycles. The molecule has 0 bridgehead atoms. The van der Waals surface area contributed by atoms with Crippen molar-refractivity contribution in [3.63, 3.8) is 0 Å². The van der Waals surface area contributed by atoms with Crippen LogP contribution in [0.5, 0.6) is 11.9 Å². The lowest BCUT2D eigenvalue weighted by molar-refractivity contribution is 0.192. The average molecular weight is 306 g/mol. The van der Waals surface area contributed by atoms with Gasteiger partial charge in [0.25, 0.3) is 0 Å². The zero-order valence-electron chi connectivity index (χ0n) is 13.1. The van der Waals surface area contributed by atoms with E-state index >= 15 is 0 Å². The van der Waals surface area contributed by atoms with E-state index in [-0.39, 0.29) is 0 Å². The Labute approximate surface area is 132 Å². The summed E-state index contributed by atoms with van der Waals surface area (Å²) >= 11 is 0. The standard InChI is InChI=1S/C16H26N4O2/c1-3-13(9-17-6-1)11-21-15-5-8-19-16(20-15)22-12-14-4-2-7-18-10-14/h5,8,13-14,17-18H,1-4,6-7,9-12H2/t13-,14-/m0/s1. The van der Waals surface area contributed by atoms with Crippen molar-refractivity contribution < 1.29 is 9.47 Å². The van der Waals surface area contributed by atoms with Crippen LogP contribution in [0.1, 0.15) is 25.7 Å². The fourth-order valence-corrected chi connectivity index (χ4v) is 3.00. The summed E-state index contributed by atoms with van der Waals surface area (Å²) in [4.78, 5) is 8.52. The summed E-state index contributed by atoms with van der Waals surface area (Å²) in [5, 5.41) is 6.78. The molecule has 0 aliphatic carbocycles. The number of aromatic nitrogens is 2. The molecule has 2 N–H and O–H groups in total. The van der Waals surface area contributed by atoms with Crippen LogP contribution in [0.3, 0.4) is 0 Å². The van der Waals surface area contributed by atoms with E-state index < -0.39 is 0 Å². The van der Waals surface area contributed by atoms with Gasteiger partial charge in [0.15, 0.2) is 0 Å². The number of piperidine rings is 2.